The normalized spacial score (nSPS) is 16.8. The number of hydrogen-bond acceptors (Lipinski definition) is 3. The molecular formula is C20H23N5O. The smallest absolute Gasteiger partial charge is 0.272 e. The van der Waals surface area contributed by atoms with Gasteiger partial charge in [0, 0.05) is 30.7 Å². The average molecular weight is 349 g/mol. The van der Waals surface area contributed by atoms with E-state index in [2.05, 4.69) is 52.7 Å². The topological polar surface area (TPSA) is 66.8 Å². The summed E-state index contributed by atoms with van der Waals surface area (Å²) in [7, 11) is 0. The number of H-pyrrole nitrogens is 1. The van der Waals surface area contributed by atoms with E-state index in [0.29, 0.717) is 23.9 Å². The number of pyridine rings is 1. The highest BCUT2D eigenvalue weighted by molar-refractivity contribution is 5.93. The molecule has 1 atom stereocenters. The molecule has 1 aliphatic heterocycles. The van der Waals surface area contributed by atoms with Crippen LogP contribution >= 0.6 is 0 Å². The number of aromatic nitrogens is 4. The van der Waals surface area contributed by atoms with Crippen molar-refractivity contribution >= 4 is 5.91 Å². The fraction of sp³-hybridized carbons (Fsp3) is 0.350. The largest absolute Gasteiger partial charge is 0.345 e. The van der Waals surface area contributed by atoms with Crippen LogP contribution in [0.3, 0.4) is 0 Å². The van der Waals surface area contributed by atoms with Gasteiger partial charge in [0.2, 0.25) is 0 Å². The molecule has 6 nitrogen and oxygen atoms in total. The number of hydrogen-bond donors (Lipinski definition) is 1. The third-order valence-electron chi connectivity index (χ3n) is 5.06. The Balaban J connectivity index is 1.65. The summed E-state index contributed by atoms with van der Waals surface area (Å²) in [5, 5.41) is 7.18. The maximum Gasteiger partial charge on any atom is 0.272 e. The van der Waals surface area contributed by atoms with Gasteiger partial charge in [-0.2, -0.15) is 5.10 Å². The zero-order valence-corrected chi connectivity index (χ0v) is 15.3. The van der Waals surface area contributed by atoms with Crippen LogP contribution in [-0.4, -0.2) is 37.1 Å². The van der Waals surface area contributed by atoms with Crippen LogP contribution in [0.2, 0.25) is 0 Å². The van der Waals surface area contributed by atoms with Gasteiger partial charge in [-0.3, -0.25) is 14.9 Å². The average Bonchev–Trinajstić information content (AvgIpc) is 3.28. The van der Waals surface area contributed by atoms with E-state index in [9.17, 15) is 4.79 Å². The molecule has 0 fully saturated rings. The molecule has 134 valence electrons. The van der Waals surface area contributed by atoms with Crippen molar-refractivity contribution in [3.8, 4) is 11.4 Å². The molecule has 3 aromatic heterocycles. The van der Waals surface area contributed by atoms with Gasteiger partial charge >= 0.3 is 0 Å². The number of carbonyl (C=O) groups excluding carboxylic acids is 1. The Morgan fingerprint density at radius 3 is 2.77 bits per heavy atom. The molecule has 1 amide bonds. The molecule has 0 saturated carbocycles. The summed E-state index contributed by atoms with van der Waals surface area (Å²) in [6, 6.07) is 11.8. The van der Waals surface area contributed by atoms with Crippen LogP contribution < -0.4 is 0 Å². The number of amides is 1. The monoisotopic (exact) mass is 349 g/mol. The van der Waals surface area contributed by atoms with Crippen LogP contribution in [0.4, 0.5) is 0 Å². The molecule has 3 aromatic rings. The van der Waals surface area contributed by atoms with E-state index < -0.39 is 0 Å². The van der Waals surface area contributed by atoms with E-state index >= 15 is 0 Å². The SMILES string of the molecule is Cc1ccc2n1CCN(C(=O)c1cc(-c3ccccn3)n[nH]1)[C@H]2C(C)C. The molecule has 4 rings (SSSR count). The first-order valence-electron chi connectivity index (χ1n) is 9.00. The number of rotatable bonds is 3. The molecule has 1 N–H and O–H groups in total. The van der Waals surface area contributed by atoms with Gasteiger partial charge in [-0.05, 0) is 43.2 Å². The van der Waals surface area contributed by atoms with Crippen molar-refractivity contribution in [2.24, 2.45) is 5.92 Å². The van der Waals surface area contributed by atoms with Crippen LogP contribution in [0.15, 0.2) is 42.6 Å². The minimum absolute atomic E-state index is 0.0107. The summed E-state index contributed by atoms with van der Waals surface area (Å²) in [4.78, 5) is 19.5. The van der Waals surface area contributed by atoms with Crippen molar-refractivity contribution in [3.05, 3.63) is 59.7 Å². The van der Waals surface area contributed by atoms with E-state index in [1.165, 1.54) is 11.4 Å². The van der Waals surface area contributed by atoms with E-state index in [-0.39, 0.29) is 11.9 Å². The number of aryl methyl sites for hydroxylation is 1. The molecule has 6 heteroatoms. The highest BCUT2D eigenvalue weighted by Crippen LogP contribution is 2.34. The quantitative estimate of drug-likeness (QED) is 0.788. The number of nitrogens with one attached hydrogen (secondary N) is 1. The standard InChI is InChI=1S/C20H23N5O/c1-13(2)19-18-8-7-14(3)24(18)10-11-25(19)20(26)17-12-16(22-23-17)15-6-4-5-9-21-15/h4-9,12-13,19H,10-11H2,1-3H3,(H,22,23)/t19-/m0/s1. The van der Waals surface area contributed by atoms with Crippen molar-refractivity contribution in [2.45, 2.75) is 33.4 Å². The van der Waals surface area contributed by atoms with Crippen molar-refractivity contribution < 1.29 is 4.79 Å². The Kier molecular flexibility index (Phi) is 4.11. The summed E-state index contributed by atoms with van der Waals surface area (Å²) in [5.41, 5.74) is 4.41. The number of fused-ring (bicyclic) bond motifs is 1. The van der Waals surface area contributed by atoms with Crippen molar-refractivity contribution in [3.63, 3.8) is 0 Å². The first-order chi connectivity index (χ1) is 12.6. The van der Waals surface area contributed by atoms with Crippen LogP contribution in [0.25, 0.3) is 11.4 Å². The lowest BCUT2D eigenvalue weighted by Crippen LogP contribution is -2.44. The van der Waals surface area contributed by atoms with Crippen LogP contribution in [-0.2, 0) is 6.54 Å². The highest BCUT2D eigenvalue weighted by Gasteiger charge is 2.34. The zero-order valence-electron chi connectivity index (χ0n) is 15.3. The molecule has 0 aliphatic carbocycles. The minimum atomic E-state index is -0.0107. The van der Waals surface area contributed by atoms with Gasteiger partial charge in [-0.1, -0.05) is 19.9 Å². The molecule has 26 heavy (non-hydrogen) atoms. The molecule has 1 aliphatic rings. The summed E-state index contributed by atoms with van der Waals surface area (Å²) in [6.45, 7) is 7.96. The number of nitrogens with zero attached hydrogens (tertiary/aromatic N) is 4. The van der Waals surface area contributed by atoms with Crippen molar-refractivity contribution in [2.75, 3.05) is 6.54 Å². The molecule has 0 saturated heterocycles. The van der Waals surface area contributed by atoms with E-state index in [0.717, 1.165) is 12.2 Å². The second-order valence-corrected chi connectivity index (χ2v) is 7.12. The first kappa shape index (κ1) is 16.6. The Morgan fingerprint density at radius 2 is 2.04 bits per heavy atom. The van der Waals surface area contributed by atoms with E-state index in [1.54, 1.807) is 12.3 Å². The fourth-order valence-corrected chi connectivity index (χ4v) is 3.82. The maximum atomic E-state index is 13.2. The predicted molar refractivity (Wildman–Crippen MR) is 99.6 cm³/mol. The second kappa shape index (κ2) is 6.44. The summed E-state index contributed by atoms with van der Waals surface area (Å²) < 4.78 is 2.32. The lowest BCUT2D eigenvalue weighted by molar-refractivity contribution is 0.0548. The van der Waals surface area contributed by atoms with Crippen molar-refractivity contribution in [1.29, 1.82) is 0 Å². The highest BCUT2D eigenvalue weighted by atomic mass is 16.2. The lowest BCUT2D eigenvalue weighted by Gasteiger charge is -2.39. The number of aromatic amines is 1. The first-order valence-corrected chi connectivity index (χ1v) is 9.00. The molecule has 0 spiro atoms. The van der Waals surface area contributed by atoms with E-state index in [4.69, 9.17) is 0 Å². The van der Waals surface area contributed by atoms with Gasteiger partial charge < -0.3 is 9.47 Å². The zero-order chi connectivity index (χ0) is 18.3. The molecule has 0 aromatic carbocycles. The number of carbonyl (C=O) groups is 1. The van der Waals surface area contributed by atoms with Gasteiger partial charge in [0.1, 0.15) is 11.4 Å². The van der Waals surface area contributed by atoms with Crippen LogP contribution in [0.5, 0.6) is 0 Å². The molecule has 0 radical (unpaired) electrons. The molecular weight excluding hydrogens is 326 g/mol. The van der Waals surface area contributed by atoms with Crippen molar-refractivity contribution in [1.82, 2.24) is 24.6 Å². The Morgan fingerprint density at radius 1 is 1.19 bits per heavy atom. The molecule has 0 unspecified atom stereocenters. The van der Waals surface area contributed by atoms with Gasteiger partial charge in [0.05, 0.1) is 11.7 Å². The van der Waals surface area contributed by atoms with Gasteiger partial charge in [0.15, 0.2) is 0 Å². The molecule has 0 bridgehead atoms. The Hall–Kier alpha value is -2.89. The van der Waals surface area contributed by atoms with Gasteiger partial charge in [-0.15, -0.1) is 0 Å². The summed E-state index contributed by atoms with van der Waals surface area (Å²) >= 11 is 0. The lowest BCUT2D eigenvalue weighted by atomic mass is 9.96. The summed E-state index contributed by atoms with van der Waals surface area (Å²) in [6.07, 6.45) is 1.72. The predicted octanol–water partition coefficient (Wildman–Crippen LogP) is 3.43. The van der Waals surface area contributed by atoms with Gasteiger partial charge in [0.25, 0.3) is 5.91 Å². The minimum Gasteiger partial charge on any atom is -0.345 e. The Labute approximate surface area is 152 Å². The van der Waals surface area contributed by atoms with E-state index in [1.807, 2.05) is 23.1 Å². The fourth-order valence-electron chi connectivity index (χ4n) is 3.82. The Bertz CT molecular complexity index is 925. The maximum absolute atomic E-state index is 13.2. The van der Waals surface area contributed by atoms with Gasteiger partial charge in [-0.25, -0.2) is 0 Å². The third kappa shape index (κ3) is 2.71. The third-order valence-corrected chi connectivity index (χ3v) is 5.06. The summed E-state index contributed by atoms with van der Waals surface area (Å²) in [5.74, 6) is 0.314. The second-order valence-electron chi connectivity index (χ2n) is 7.12. The van der Waals surface area contributed by atoms with Crippen LogP contribution in [0.1, 0.15) is 41.8 Å². The molecule has 4 heterocycles. The van der Waals surface area contributed by atoms with Crippen LogP contribution in [0, 0.1) is 12.8 Å².